The minimum absolute atomic E-state index is 0.0291. The number of non-ortho nitro benzene ring substituents is 1. The number of rotatable bonds is 6. The molecule has 0 bridgehead atoms. The van der Waals surface area contributed by atoms with Crippen LogP contribution in [0.5, 0.6) is 0 Å². The van der Waals surface area contributed by atoms with Crippen molar-refractivity contribution in [1.82, 2.24) is 0 Å². The smallest absolute Gasteiger partial charge is 0.288 e. The zero-order valence-corrected chi connectivity index (χ0v) is 24.2. The molecule has 0 amide bonds. The first kappa shape index (κ1) is 28.9. The lowest BCUT2D eigenvalue weighted by molar-refractivity contribution is -0.385. The van der Waals surface area contributed by atoms with E-state index in [1.54, 1.807) is 21.9 Å². The highest BCUT2D eigenvalue weighted by Crippen LogP contribution is 2.49. The van der Waals surface area contributed by atoms with Crippen molar-refractivity contribution in [1.29, 1.82) is 0 Å². The van der Waals surface area contributed by atoms with Gasteiger partial charge in [0.1, 0.15) is 16.5 Å². The molecule has 216 valence electrons. The molecule has 8 nitrogen and oxygen atoms in total. The van der Waals surface area contributed by atoms with E-state index in [0.717, 1.165) is 24.2 Å². The van der Waals surface area contributed by atoms with Crippen LogP contribution in [0.1, 0.15) is 36.1 Å². The van der Waals surface area contributed by atoms with Gasteiger partial charge < -0.3 is 9.80 Å². The molecule has 41 heavy (non-hydrogen) atoms. The quantitative estimate of drug-likeness (QED) is 0.160. The van der Waals surface area contributed by atoms with Gasteiger partial charge in [0.25, 0.3) is 11.4 Å². The van der Waals surface area contributed by atoms with Crippen LogP contribution in [0.2, 0.25) is 30.2 Å². The van der Waals surface area contributed by atoms with Gasteiger partial charge in [-0.05, 0) is 48.7 Å². The van der Waals surface area contributed by atoms with Gasteiger partial charge >= 0.3 is 0 Å². The Labute approximate surface area is 240 Å². The van der Waals surface area contributed by atoms with Crippen LogP contribution in [-0.2, 0) is 0 Å². The lowest BCUT2D eigenvalue weighted by Gasteiger charge is -2.38. The molecule has 3 aromatic rings. The first-order valence-electron chi connectivity index (χ1n) is 13.3. The second-order valence-corrected chi connectivity index (χ2v) is 17.1. The zero-order chi connectivity index (χ0) is 29.6. The van der Waals surface area contributed by atoms with E-state index >= 15 is 13.2 Å². The zero-order valence-electron chi connectivity index (χ0n) is 22.4. The van der Waals surface area contributed by atoms with Crippen molar-refractivity contribution in [3.05, 3.63) is 102 Å². The van der Waals surface area contributed by atoms with E-state index in [1.807, 2.05) is 0 Å². The summed E-state index contributed by atoms with van der Waals surface area (Å²) in [5, 5.41) is 22.4. The molecule has 0 aromatic heterocycles. The van der Waals surface area contributed by atoms with Crippen LogP contribution in [0.3, 0.4) is 0 Å². The van der Waals surface area contributed by atoms with Crippen LogP contribution in [0.25, 0.3) is 0 Å². The molecule has 3 aromatic carbocycles. The first-order chi connectivity index (χ1) is 19.4. The number of nitrogens with zero attached hydrogens (tertiary/aromatic N) is 4. The average molecular weight is 605 g/mol. The summed E-state index contributed by atoms with van der Waals surface area (Å²) in [5.74, 6) is -2.29. The molecule has 2 atom stereocenters. The fourth-order valence-corrected chi connectivity index (χ4v) is 8.13. The number of benzene rings is 3. The fourth-order valence-electron chi connectivity index (χ4n) is 5.91. The maximum absolute atomic E-state index is 15.7. The molecule has 2 aliphatic heterocycles. The van der Waals surface area contributed by atoms with Gasteiger partial charge in [-0.3, -0.25) is 20.2 Å². The number of nitro groups is 2. The lowest BCUT2D eigenvalue weighted by atomic mass is 10.0. The van der Waals surface area contributed by atoms with Gasteiger partial charge in [0.05, 0.1) is 30.0 Å². The molecule has 0 spiro atoms. The van der Waals surface area contributed by atoms with Gasteiger partial charge in [-0.15, -0.1) is 0 Å². The Hall–Kier alpha value is -3.64. The van der Waals surface area contributed by atoms with Gasteiger partial charge in [-0.1, -0.05) is 36.8 Å². The molecule has 2 fully saturated rings. The number of nitro benzene ring substituents is 2. The number of hydrogen-bond acceptors (Lipinski definition) is 6. The summed E-state index contributed by atoms with van der Waals surface area (Å²) in [6.07, 6.45) is 0.698. The van der Waals surface area contributed by atoms with Crippen molar-refractivity contribution in [2.45, 2.75) is 50.1 Å². The van der Waals surface area contributed by atoms with E-state index in [1.165, 1.54) is 24.3 Å². The van der Waals surface area contributed by atoms with E-state index in [9.17, 15) is 20.2 Å². The normalized spacial score (nSPS) is 20.3. The van der Waals surface area contributed by atoms with Crippen molar-refractivity contribution in [2.24, 2.45) is 0 Å². The Morgan fingerprint density at radius 3 is 2.00 bits per heavy atom. The number of hydrogen-bond donors (Lipinski definition) is 0. The summed E-state index contributed by atoms with van der Waals surface area (Å²) in [5.41, 5.74) is 0.0238. The van der Waals surface area contributed by atoms with Gasteiger partial charge in [0.15, 0.2) is 11.6 Å². The van der Waals surface area contributed by atoms with Crippen LogP contribution < -0.4 is 9.80 Å². The molecule has 0 saturated carbocycles. The molecule has 2 aliphatic rings. The predicted octanol–water partition coefficient (Wildman–Crippen LogP) is 8.18. The van der Waals surface area contributed by atoms with Crippen LogP contribution in [0, 0.1) is 37.7 Å². The van der Waals surface area contributed by atoms with Crippen LogP contribution in [0.4, 0.5) is 35.9 Å². The average Bonchev–Trinajstić information content (AvgIpc) is 3.34. The third-order valence-electron chi connectivity index (χ3n) is 8.23. The summed E-state index contributed by atoms with van der Waals surface area (Å²) >= 11 is 5.92. The molecule has 0 aliphatic carbocycles. The number of anilines is 2. The summed E-state index contributed by atoms with van der Waals surface area (Å²) in [6.45, 7) is 5.63. The Balaban J connectivity index is 1.59. The third kappa shape index (κ3) is 5.62. The molecular weight excluding hydrogens is 577 g/mol. The fraction of sp³-hybridized carbons (Fsp3) is 0.357. The van der Waals surface area contributed by atoms with Crippen molar-refractivity contribution < 1.29 is 23.0 Å². The van der Waals surface area contributed by atoms with Crippen molar-refractivity contribution in [3.8, 4) is 0 Å². The summed E-state index contributed by atoms with van der Waals surface area (Å²) in [4.78, 5) is 24.9. The number of halogens is 4. The van der Waals surface area contributed by atoms with Gasteiger partial charge in [-0.25, -0.2) is 13.2 Å². The molecular formula is C28H28ClF3N4O4Si. The standard InChI is InChI=1S/C28H28ClF3N4O4Si/c1-41(2)11-9-33(10-12-41)28-23(31)13-19(14-24(28)32)34-25(17-3-5-18(6-4-17)35(37)38)7-8-26(34)20-15-27(36(39)40)21(29)16-22(20)30/h3-6,13-16,25-26H,7-12H2,1-2H3/t25-,26-/m1/s1. The largest absolute Gasteiger partial charge is 0.367 e. The van der Waals surface area contributed by atoms with Gasteiger partial charge in [-0.2, -0.15) is 0 Å². The van der Waals surface area contributed by atoms with Crippen LogP contribution in [-0.4, -0.2) is 31.0 Å². The van der Waals surface area contributed by atoms with E-state index in [4.69, 9.17) is 11.6 Å². The summed E-state index contributed by atoms with van der Waals surface area (Å²) < 4.78 is 46.7. The Morgan fingerprint density at radius 2 is 1.44 bits per heavy atom. The Bertz CT molecular complexity index is 1490. The molecule has 0 unspecified atom stereocenters. The van der Waals surface area contributed by atoms with Crippen LogP contribution in [0.15, 0.2) is 48.5 Å². The Morgan fingerprint density at radius 1 is 0.854 bits per heavy atom. The van der Waals surface area contributed by atoms with Crippen LogP contribution >= 0.6 is 11.6 Å². The van der Waals surface area contributed by atoms with Gasteiger partial charge in [0.2, 0.25) is 0 Å². The third-order valence-corrected chi connectivity index (χ3v) is 11.7. The SMILES string of the molecule is C[Si]1(C)CCN(c2c(F)cc(N3[C@@H](c4ccc([N+](=O)[O-])cc4)CC[C@@H]3c3cc([N+](=O)[O-])c(Cl)cc3F)cc2F)CC1. The van der Waals surface area contributed by atoms with Crippen molar-refractivity contribution in [2.75, 3.05) is 22.9 Å². The summed E-state index contributed by atoms with van der Waals surface area (Å²) in [6, 6.07) is 10.6. The second kappa shape index (κ2) is 11.0. The monoisotopic (exact) mass is 604 g/mol. The minimum Gasteiger partial charge on any atom is -0.367 e. The molecule has 5 rings (SSSR count). The maximum Gasteiger partial charge on any atom is 0.288 e. The molecule has 2 heterocycles. The minimum atomic E-state index is -1.39. The van der Waals surface area contributed by atoms with Crippen molar-refractivity contribution in [3.63, 3.8) is 0 Å². The summed E-state index contributed by atoms with van der Waals surface area (Å²) in [7, 11) is -1.39. The first-order valence-corrected chi connectivity index (χ1v) is 17.1. The van der Waals surface area contributed by atoms with Crippen molar-refractivity contribution >= 4 is 42.4 Å². The van der Waals surface area contributed by atoms with E-state index in [2.05, 4.69) is 13.1 Å². The molecule has 13 heteroatoms. The lowest BCUT2D eigenvalue weighted by Crippen LogP contribution is -2.43. The van der Waals surface area contributed by atoms with E-state index in [-0.39, 0.29) is 27.6 Å². The molecule has 0 radical (unpaired) electrons. The second-order valence-electron chi connectivity index (χ2n) is 11.4. The predicted molar refractivity (Wildman–Crippen MR) is 154 cm³/mol. The Kier molecular flexibility index (Phi) is 7.73. The van der Waals surface area contributed by atoms with E-state index in [0.29, 0.717) is 31.5 Å². The maximum atomic E-state index is 15.7. The molecule has 2 saturated heterocycles. The molecule has 0 N–H and O–H groups in total. The van der Waals surface area contributed by atoms with E-state index < -0.39 is 53.1 Å². The highest BCUT2D eigenvalue weighted by atomic mass is 35.5. The van der Waals surface area contributed by atoms with Gasteiger partial charge in [0, 0.05) is 42.5 Å². The highest BCUT2D eigenvalue weighted by molar-refractivity contribution is 6.77. The topological polar surface area (TPSA) is 92.8 Å². The highest BCUT2D eigenvalue weighted by Gasteiger charge is 2.39.